The Morgan fingerprint density at radius 2 is 2.00 bits per heavy atom. The summed E-state index contributed by atoms with van der Waals surface area (Å²) in [5.74, 6) is -1.01. The number of hydrogen-bond donors (Lipinski definition) is 1. The molecule has 1 heterocycles. The van der Waals surface area contributed by atoms with Crippen LogP contribution >= 0.6 is 0 Å². The van der Waals surface area contributed by atoms with Crippen LogP contribution in [0.25, 0.3) is 5.69 Å². The molecular weight excluding hydrogens is 188 g/mol. The minimum atomic E-state index is -0.673. The molecule has 0 amide bonds. The van der Waals surface area contributed by atoms with E-state index in [9.17, 15) is 8.78 Å². The van der Waals surface area contributed by atoms with Gasteiger partial charge in [-0.1, -0.05) is 0 Å². The maximum atomic E-state index is 13.2. The molecular formula is C9H7F2N3. The molecule has 1 aromatic carbocycles. The van der Waals surface area contributed by atoms with Gasteiger partial charge in [0, 0.05) is 18.3 Å². The van der Waals surface area contributed by atoms with Crippen molar-refractivity contribution in [1.29, 1.82) is 0 Å². The van der Waals surface area contributed by atoms with Crippen molar-refractivity contribution in [2.24, 2.45) is 0 Å². The van der Waals surface area contributed by atoms with Crippen molar-refractivity contribution in [3.8, 4) is 5.69 Å². The lowest BCUT2D eigenvalue weighted by Gasteiger charge is -2.02. The Kier molecular flexibility index (Phi) is 1.92. The van der Waals surface area contributed by atoms with Crippen LogP contribution in [0.4, 0.5) is 14.6 Å². The number of nitrogens with zero attached hydrogens (tertiary/aromatic N) is 2. The standard InChI is InChI=1S/C9H7F2N3/c10-6-1-2-8(7(11)5-6)14-4-3-9(12)13-14/h1-5H,(H2,12,13). The summed E-state index contributed by atoms with van der Waals surface area (Å²) in [7, 11) is 0. The van der Waals surface area contributed by atoms with Gasteiger partial charge in [0.1, 0.15) is 17.3 Å². The quantitative estimate of drug-likeness (QED) is 0.753. The van der Waals surface area contributed by atoms with Gasteiger partial charge in [0.25, 0.3) is 0 Å². The lowest BCUT2D eigenvalue weighted by atomic mass is 10.3. The van der Waals surface area contributed by atoms with Gasteiger partial charge >= 0.3 is 0 Å². The first kappa shape index (κ1) is 8.68. The third-order valence-electron chi connectivity index (χ3n) is 1.77. The summed E-state index contributed by atoms with van der Waals surface area (Å²) < 4.78 is 27.0. The second-order valence-electron chi connectivity index (χ2n) is 2.78. The van der Waals surface area contributed by atoms with E-state index < -0.39 is 11.6 Å². The van der Waals surface area contributed by atoms with Crippen molar-refractivity contribution in [2.45, 2.75) is 0 Å². The van der Waals surface area contributed by atoms with E-state index in [-0.39, 0.29) is 11.5 Å². The van der Waals surface area contributed by atoms with Gasteiger partial charge in [-0.15, -0.1) is 0 Å². The van der Waals surface area contributed by atoms with E-state index in [0.717, 1.165) is 12.1 Å². The maximum absolute atomic E-state index is 13.2. The van der Waals surface area contributed by atoms with Crippen LogP contribution in [0.15, 0.2) is 30.5 Å². The molecule has 0 aliphatic heterocycles. The van der Waals surface area contributed by atoms with E-state index in [1.54, 1.807) is 0 Å². The summed E-state index contributed by atoms with van der Waals surface area (Å²) >= 11 is 0. The summed E-state index contributed by atoms with van der Waals surface area (Å²) in [6.07, 6.45) is 1.51. The highest BCUT2D eigenvalue weighted by atomic mass is 19.1. The van der Waals surface area contributed by atoms with E-state index in [0.29, 0.717) is 0 Å². The maximum Gasteiger partial charge on any atom is 0.151 e. The van der Waals surface area contributed by atoms with Crippen molar-refractivity contribution in [3.05, 3.63) is 42.1 Å². The van der Waals surface area contributed by atoms with Crippen LogP contribution in [0.5, 0.6) is 0 Å². The number of aromatic nitrogens is 2. The largest absolute Gasteiger partial charge is 0.382 e. The lowest BCUT2D eigenvalue weighted by molar-refractivity contribution is 0.574. The molecule has 2 rings (SSSR count). The first-order chi connectivity index (χ1) is 6.66. The molecule has 0 aliphatic carbocycles. The van der Waals surface area contributed by atoms with Crippen LogP contribution in [-0.4, -0.2) is 9.78 Å². The van der Waals surface area contributed by atoms with Crippen molar-refractivity contribution < 1.29 is 8.78 Å². The SMILES string of the molecule is Nc1ccn(-c2ccc(F)cc2F)n1. The van der Waals surface area contributed by atoms with Gasteiger partial charge < -0.3 is 5.73 Å². The van der Waals surface area contributed by atoms with Gasteiger partial charge in [-0.05, 0) is 12.1 Å². The zero-order valence-corrected chi connectivity index (χ0v) is 7.11. The summed E-state index contributed by atoms with van der Waals surface area (Å²) in [6.45, 7) is 0. The molecule has 72 valence electrons. The Labute approximate surface area is 78.8 Å². The predicted octanol–water partition coefficient (Wildman–Crippen LogP) is 1.73. The highest BCUT2D eigenvalue weighted by Gasteiger charge is 2.06. The van der Waals surface area contributed by atoms with E-state index in [2.05, 4.69) is 5.10 Å². The van der Waals surface area contributed by atoms with Crippen LogP contribution in [0.2, 0.25) is 0 Å². The summed E-state index contributed by atoms with van der Waals surface area (Å²) in [6, 6.07) is 4.80. The van der Waals surface area contributed by atoms with Crippen LogP contribution < -0.4 is 5.73 Å². The second kappa shape index (κ2) is 3.10. The van der Waals surface area contributed by atoms with Crippen molar-refractivity contribution in [3.63, 3.8) is 0 Å². The number of rotatable bonds is 1. The Bertz CT molecular complexity index is 465. The molecule has 2 aromatic rings. The average Bonchev–Trinajstić information content (AvgIpc) is 2.51. The first-order valence-electron chi connectivity index (χ1n) is 3.93. The fourth-order valence-electron chi connectivity index (χ4n) is 1.14. The molecule has 0 saturated carbocycles. The van der Waals surface area contributed by atoms with Crippen LogP contribution in [-0.2, 0) is 0 Å². The zero-order valence-electron chi connectivity index (χ0n) is 7.11. The van der Waals surface area contributed by atoms with Crippen molar-refractivity contribution in [2.75, 3.05) is 5.73 Å². The Hall–Kier alpha value is -1.91. The smallest absolute Gasteiger partial charge is 0.151 e. The molecule has 0 radical (unpaired) electrons. The molecule has 0 saturated heterocycles. The van der Waals surface area contributed by atoms with E-state index in [4.69, 9.17) is 5.73 Å². The predicted molar refractivity (Wildman–Crippen MR) is 47.9 cm³/mol. The molecule has 0 fully saturated rings. The first-order valence-corrected chi connectivity index (χ1v) is 3.93. The molecule has 14 heavy (non-hydrogen) atoms. The Morgan fingerprint density at radius 1 is 1.21 bits per heavy atom. The average molecular weight is 195 g/mol. The van der Waals surface area contributed by atoms with Crippen LogP contribution in [0.1, 0.15) is 0 Å². The van der Waals surface area contributed by atoms with Gasteiger partial charge in [0.05, 0.1) is 0 Å². The minimum Gasteiger partial charge on any atom is -0.382 e. The molecule has 0 spiro atoms. The normalized spacial score (nSPS) is 10.4. The molecule has 2 N–H and O–H groups in total. The topological polar surface area (TPSA) is 43.8 Å². The van der Waals surface area contributed by atoms with Gasteiger partial charge in [0.2, 0.25) is 0 Å². The molecule has 0 bridgehead atoms. The molecule has 1 aromatic heterocycles. The van der Waals surface area contributed by atoms with Gasteiger partial charge in [-0.3, -0.25) is 0 Å². The second-order valence-corrected chi connectivity index (χ2v) is 2.78. The van der Waals surface area contributed by atoms with Gasteiger partial charge in [-0.25, -0.2) is 13.5 Å². The monoisotopic (exact) mass is 195 g/mol. The van der Waals surface area contributed by atoms with E-state index in [1.165, 1.54) is 23.0 Å². The number of anilines is 1. The van der Waals surface area contributed by atoms with Gasteiger partial charge in [0.15, 0.2) is 5.82 Å². The number of halogens is 2. The number of hydrogen-bond acceptors (Lipinski definition) is 2. The van der Waals surface area contributed by atoms with Crippen LogP contribution in [0.3, 0.4) is 0 Å². The third-order valence-corrected chi connectivity index (χ3v) is 1.77. The fourth-order valence-corrected chi connectivity index (χ4v) is 1.14. The molecule has 5 heteroatoms. The van der Waals surface area contributed by atoms with E-state index in [1.807, 2.05) is 0 Å². The third kappa shape index (κ3) is 1.44. The van der Waals surface area contributed by atoms with Crippen molar-refractivity contribution >= 4 is 5.82 Å². The highest BCUT2D eigenvalue weighted by molar-refractivity contribution is 5.36. The lowest BCUT2D eigenvalue weighted by Crippen LogP contribution is -1.99. The minimum absolute atomic E-state index is 0.170. The molecule has 0 atom stereocenters. The fraction of sp³-hybridized carbons (Fsp3) is 0. The van der Waals surface area contributed by atoms with Gasteiger partial charge in [-0.2, -0.15) is 5.10 Å². The zero-order chi connectivity index (χ0) is 10.1. The number of benzene rings is 1. The Balaban J connectivity index is 2.52. The molecule has 3 nitrogen and oxygen atoms in total. The number of nitrogens with two attached hydrogens (primary N) is 1. The summed E-state index contributed by atoms with van der Waals surface area (Å²) in [5, 5.41) is 3.80. The summed E-state index contributed by atoms with van der Waals surface area (Å²) in [5.41, 5.74) is 5.54. The molecule has 0 aliphatic rings. The summed E-state index contributed by atoms with van der Waals surface area (Å²) in [4.78, 5) is 0. The number of nitrogen functional groups attached to an aromatic ring is 1. The Morgan fingerprint density at radius 3 is 2.57 bits per heavy atom. The highest BCUT2D eigenvalue weighted by Crippen LogP contribution is 2.14. The van der Waals surface area contributed by atoms with Crippen molar-refractivity contribution in [1.82, 2.24) is 9.78 Å². The van der Waals surface area contributed by atoms with Crippen LogP contribution in [0, 0.1) is 11.6 Å². The van der Waals surface area contributed by atoms with E-state index >= 15 is 0 Å². The molecule has 0 unspecified atom stereocenters.